The molecule has 0 unspecified atom stereocenters. The monoisotopic (exact) mass is 515 g/mol. The molecule has 0 spiro atoms. The number of benzene rings is 4. The molecule has 5 nitrogen and oxygen atoms in total. The molecule has 180 valence electrons. The number of halogens is 1. The third-order valence-electron chi connectivity index (χ3n) is 5.91. The summed E-state index contributed by atoms with van der Waals surface area (Å²) >= 11 is 7.16. The van der Waals surface area contributed by atoms with Crippen LogP contribution in [-0.2, 0) is 17.9 Å². The van der Waals surface area contributed by atoms with E-state index in [2.05, 4.69) is 0 Å². The summed E-state index contributed by atoms with van der Waals surface area (Å²) in [7, 11) is 1.56. The van der Waals surface area contributed by atoms with Gasteiger partial charge in [0, 0.05) is 10.6 Å². The maximum Gasteiger partial charge on any atom is 0.293 e. The summed E-state index contributed by atoms with van der Waals surface area (Å²) in [6, 6.07) is 26.7. The van der Waals surface area contributed by atoms with Gasteiger partial charge >= 0.3 is 0 Å². The molecule has 36 heavy (non-hydrogen) atoms. The van der Waals surface area contributed by atoms with E-state index in [9.17, 15) is 9.59 Å². The molecule has 7 heteroatoms. The summed E-state index contributed by atoms with van der Waals surface area (Å²) in [5.41, 5.74) is 2.52. The minimum absolute atomic E-state index is 0.224. The second-order valence-corrected chi connectivity index (χ2v) is 9.60. The number of methoxy groups -OCH3 is 1. The Balaban J connectivity index is 1.34. The lowest BCUT2D eigenvalue weighted by Gasteiger charge is -2.14. The Kier molecular flexibility index (Phi) is 6.98. The van der Waals surface area contributed by atoms with Gasteiger partial charge in [-0.05, 0) is 57.9 Å². The van der Waals surface area contributed by atoms with Crippen molar-refractivity contribution in [3.8, 4) is 11.5 Å². The van der Waals surface area contributed by atoms with Crippen molar-refractivity contribution in [3.05, 3.63) is 112 Å². The molecule has 4 aromatic rings. The van der Waals surface area contributed by atoms with Crippen molar-refractivity contribution in [2.75, 3.05) is 7.11 Å². The Morgan fingerprint density at radius 1 is 0.889 bits per heavy atom. The minimum atomic E-state index is -0.309. The first-order valence-corrected chi connectivity index (χ1v) is 12.5. The fraction of sp³-hybridized carbons (Fsp3) is 0.103. The maximum atomic E-state index is 13.1. The Labute approximate surface area is 218 Å². The standard InChI is InChI=1S/C29H22ClNO4S/c1-34-26-15-19(13-14-25(26)35-18-22-8-3-5-12-24(22)30)16-27-28(32)31(29(33)36-27)17-21-10-6-9-20-7-2-4-11-23(20)21/h2-16H,17-18H2,1H3/b27-16-. The molecule has 0 radical (unpaired) electrons. The predicted octanol–water partition coefficient (Wildman–Crippen LogP) is 7.32. The van der Waals surface area contributed by atoms with E-state index in [0.29, 0.717) is 28.0 Å². The van der Waals surface area contributed by atoms with Crippen LogP contribution in [0.2, 0.25) is 5.02 Å². The van der Waals surface area contributed by atoms with Crippen molar-refractivity contribution >= 4 is 51.4 Å². The topological polar surface area (TPSA) is 55.8 Å². The van der Waals surface area contributed by atoms with Crippen LogP contribution in [0, 0.1) is 0 Å². The van der Waals surface area contributed by atoms with Gasteiger partial charge < -0.3 is 9.47 Å². The van der Waals surface area contributed by atoms with Crippen molar-refractivity contribution in [1.82, 2.24) is 4.90 Å². The Morgan fingerprint density at radius 2 is 1.64 bits per heavy atom. The lowest BCUT2D eigenvalue weighted by molar-refractivity contribution is -0.123. The summed E-state index contributed by atoms with van der Waals surface area (Å²) in [4.78, 5) is 27.5. The fourth-order valence-electron chi connectivity index (χ4n) is 4.05. The molecular weight excluding hydrogens is 494 g/mol. The van der Waals surface area contributed by atoms with Gasteiger partial charge in [0.15, 0.2) is 11.5 Å². The highest BCUT2D eigenvalue weighted by Crippen LogP contribution is 2.36. The van der Waals surface area contributed by atoms with Crippen molar-refractivity contribution in [1.29, 1.82) is 0 Å². The normalized spacial score (nSPS) is 14.6. The van der Waals surface area contributed by atoms with Gasteiger partial charge in [0.1, 0.15) is 6.61 Å². The number of amides is 2. The smallest absolute Gasteiger partial charge is 0.293 e. The van der Waals surface area contributed by atoms with Gasteiger partial charge in [-0.1, -0.05) is 78.3 Å². The van der Waals surface area contributed by atoms with Crippen LogP contribution in [0.15, 0.2) is 89.8 Å². The summed E-state index contributed by atoms with van der Waals surface area (Å²) in [5, 5.41) is 2.44. The number of ether oxygens (including phenoxy) is 2. The SMILES string of the molecule is COc1cc(/C=C2\SC(=O)N(Cc3cccc4ccccc34)C2=O)ccc1OCc1ccccc1Cl. The molecule has 1 fully saturated rings. The summed E-state index contributed by atoms with van der Waals surface area (Å²) < 4.78 is 11.4. The van der Waals surface area contributed by atoms with Crippen LogP contribution in [0.5, 0.6) is 11.5 Å². The molecule has 1 heterocycles. The number of hydrogen-bond acceptors (Lipinski definition) is 5. The molecule has 5 rings (SSSR count). The average Bonchev–Trinajstić information content (AvgIpc) is 3.16. The van der Waals surface area contributed by atoms with Gasteiger partial charge in [0.2, 0.25) is 0 Å². The van der Waals surface area contributed by atoms with Crippen LogP contribution in [0.25, 0.3) is 16.8 Å². The van der Waals surface area contributed by atoms with Crippen molar-refractivity contribution in [2.45, 2.75) is 13.2 Å². The largest absolute Gasteiger partial charge is 0.493 e. The van der Waals surface area contributed by atoms with Gasteiger partial charge in [-0.15, -0.1) is 0 Å². The number of hydrogen-bond donors (Lipinski definition) is 0. The predicted molar refractivity (Wildman–Crippen MR) is 144 cm³/mol. The molecule has 0 aliphatic carbocycles. The molecule has 0 saturated carbocycles. The number of carbonyl (C=O) groups is 2. The van der Waals surface area contributed by atoms with E-state index in [1.54, 1.807) is 25.3 Å². The number of imide groups is 1. The second-order valence-electron chi connectivity index (χ2n) is 8.20. The molecule has 0 bridgehead atoms. The van der Waals surface area contributed by atoms with E-state index >= 15 is 0 Å². The van der Waals surface area contributed by atoms with Crippen molar-refractivity contribution < 1.29 is 19.1 Å². The molecule has 0 N–H and O–H groups in total. The third-order valence-corrected chi connectivity index (χ3v) is 7.18. The van der Waals surface area contributed by atoms with E-state index in [-0.39, 0.29) is 17.7 Å². The number of thioether (sulfide) groups is 1. The molecule has 0 atom stereocenters. The van der Waals surface area contributed by atoms with E-state index < -0.39 is 0 Å². The third kappa shape index (κ3) is 4.96. The van der Waals surface area contributed by atoms with Crippen LogP contribution >= 0.6 is 23.4 Å². The zero-order chi connectivity index (χ0) is 25.1. The highest BCUT2D eigenvalue weighted by atomic mass is 35.5. The van der Waals surface area contributed by atoms with Crippen LogP contribution in [0.3, 0.4) is 0 Å². The van der Waals surface area contributed by atoms with E-state index in [0.717, 1.165) is 39.2 Å². The van der Waals surface area contributed by atoms with Crippen LogP contribution in [0.4, 0.5) is 4.79 Å². The summed E-state index contributed by atoms with van der Waals surface area (Å²) in [6.07, 6.45) is 1.70. The van der Waals surface area contributed by atoms with Crippen molar-refractivity contribution in [2.24, 2.45) is 0 Å². The van der Waals surface area contributed by atoms with E-state index in [1.807, 2.05) is 72.8 Å². The van der Waals surface area contributed by atoms with Crippen LogP contribution in [-0.4, -0.2) is 23.2 Å². The minimum Gasteiger partial charge on any atom is -0.493 e. The highest BCUT2D eigenvalue weighted by Gasteiger charge is 2.35. The maximum absolute atomic E-state index is 13.1. The first-order valence-electron chi connectivity index (χ1n) is 11.3. The fourth-order valence-corrected chi connectivity index (χ4v) is 5.08. The van der Waals surface area contributed by atoms with Gasteiger partial charge in [0.05, 0.1) is 18.6 Å². The Hall–Kier alpha value is -3.74. The molecule has 1 saturated heterocycles. The lowest BCUT2D eigenvalue weighted by Crippen LogP contribution is -2.27. The summed E-state index contributed by atoms with van der Waals surface area (Å²) in [6.45, 7) is 0.518. The molecule has 1 aliphatic heterocycles. The van der Waals surface area contributed by atoms with Crippen molar-refractivity contribution in [3.63, 3.8) is 0 Å². The molecule has 1 aliphatic rings. The zero-order valence-corrected chi connectivity index (χ0v) is 21.0. The first-order chi connectivity index (χ1) is 17.5. The van der Waals surface area contributed by atoms with E-state index in [4.69, 9.17) is 21.1 Å². The summed E-state index contributed by atoms with van der Waals surface area (Å²) in [5.74, 6) is 0.764. The van der Waals surface area contributed by atoms with Gasteiger partial charge in [-0.25, -0.2) is 0 Å². The number of nitrogens with zero attached hydrogens (tertiary/aromatic N) is 1. The molecular formula is C29H22ClNO4S. The average molecular weight is 516 g/mol. The Morgan fingerprint density at radius 3 is 2.47 bits per heavy atom. The number of rotatable bonds is 7. The number of fused-ring (bicyclic) bond motifs is 1. The Bertz CT molecular complexity index is 1490. The van der Waals surface area contributed by atoms with Crippen LogP contribution < -0.4 is 9.47 Å². The quantitative estimate of drug-likeness (QED) is 0.241. The molecule has 4 aromatic carbocycles. The zero-order valence-electron chi connectivity index (χ0n) is 19.4. The van der Waals surface area contributed by atoms with Gasteiger partial charge in [-0.2, -0.15) is 0 Å². The molecule has 2 amide bonds. The van der Waals surface area contributed by atoms with Crippen LogP contribution in [0.1, 0.15) is 16.7 Å². The van der Waals surface area contributed by atoms with Gasteiger partial charge in [0.25, 0.3) is 11.1 Å². The lowest BCUT2D eigenvalue weighted by atomic mass is 10.0. The van der Waals surface area contributed by atoms with E-state index in [1.165, 1.54) is 4.90 Å². The molecule has 0 aromatic heterocycles. The van der Waals surface area contributed by atoms with Gasteiger partial charge in [-0.3, -0.25) is 14.5 Å². The second kappa shape index (κ2) is 10.5. The number of carbonyl (C=O) groups excluding carboxylic acids is 2. The first kappa shape index (κ1) is 24.0. The highest BCUT2D eigenvalue weighted by molar-refractivity contribution is 8.18.